The van der Waals surface area contributed by atoms with Gasteiger partial charge < -0.3 is 20.1 Å². The predicted octanol–water partition coefficient (Wildman–Crippen LogP) is 0.183. The molecule has 0 atom stereocenters. The van der Waals surface area contributed by atoms with Crippen molar-refractivity contribution in [2.45, 2.75) is 0 Å². The number of phosphoric acid groups is 1. The molecule has 6 N–H and O–H groups in total. The van der Waals surface area contributed by atoms with Crippen LogP contribution in [0.3, 0.4) is 0 Å². The topological polar surface area (TPSA) is 116 Å². The number of halogens is 1. The van der Waals surface area contributed by atoms with Crippen LogP contribution in [0.25, 0.3) is 0 Å². The van der Waals surface area contributed by atoms with Crippen molar-refractivity contribution in [1.82, 2.24) is 0 Å². The minimum atomic E-state index is -4.64. The molecule has 0 heterocycles. The summed E-state index contributed by atoms with van der Waals surface area (Å²) < 4.78 is 21.1. The lowest BCUT2D eigenvalue weighted by molar-refractivity contribution is 0.275. The number of benzene rings is 1. The average Bonchev–Trinajstić information content (AvgIpc) is 2.01. The van der Waals surface area contributed by atoms with Gasteiger partial charge in [-0.3, -0.25) is 5.84 Å². The van der Waals surface area contributed by atoms with Crippen LogP contribution in [0.4, 0.5) is 10.1 Å². The van der Waals surface area contributed by atoms with Gasteiger partial charge in [-0.25, -0.2) is 8.96 Å². The fourth-order valence-corrected chi connectivity index (χ4v) is 0.578. The largest absolute Gasteiger partial charge is 0.466 e. The molecule has 0 saturated heterocycles. The van der Waals surface area contributed by atoms with E-state index in [1.165, 1.54) is 12.1 Å². The molecule has 0 saturated carbocycles. The summed E-state index contributed by atoms with van der Waals surface area (Å²) in [5.74, 6) is 4.72. The van der Waals surface area contributed by atoms with Crippen LogP contribution in [0.5, 0.6) is 0 Å². The minimum Gasteiger partial charge on any atom is -0.324 e. The van der Waals surface area contributed by atoms with Crippen molar-refractivity contribution < 1.29 is 23.6 Å². The molecule has 1 rings (SSSR count). The maximum Gasteiger partial charge on any atom is 0.466 e. The number of rotatable bonds is 1. The summed E-state index contributed by atoms with van der Waals surface area (Å²) in [5, 5.41) is 0. The zero-order valence-electron chi connectivity index (χ0n) is 6.96. The van der Waals surface area contributed by atoms with Gasteiger partial charge in [0.2, 0.25) is 0 Å². The van der Waals surface area contributed by atoms with Crippen LogP contribution in [-0.2, 0) is 4.57 Å². The standard InChI is InChI=1S/C6H7FN2.H3O4P/c7-5-2-1-3-6(4-5)9-8;1-5(2,3)4/h1-4,9H,8H2;(H3,1,2,3,4). The minimum absolute atomic E-state index is 0.287. The molecular weight excluding hydrogens is 214 g/mol. The van der Waals surface area contributed by atoms with Gasteiger partial charge in [0.05, 0.1) is 5.69 Å². The quantitative estimate of drug-likeness (QED) is 0.264. The Bertz CT molecular complexity index is 321. The second kappa shape index (κ2) is 5.69. The lowest BCUT2D eigenvalue weighted by atomic mass is 10.3. The maximum absolute atomic E-state index is 12.3. The van der Waals surface area contributed by atoms with E-state index >= 15 is 0 Å². The van der Waals surface area contributed by atoms with Crippen LogP contribution in [-0.4, -0.2) is 14.7 Å². The van der Waals surface area contributed by atoms with E-state index in [1.54, 1.807) is 12.1 Å². The molecule has 0 aliphatic rings. The monoisotopic (exact) mass is 224 g/mol. The molecule has 0 aliphatic heterocycles. The third kappa shape index (κ3) is 9.11. The Morgan fingerprint density at radius 3 is 2.14 bits per heavy atom. The summed E-state index contributed by atoms with van der Waals surface area (Å²) in [6.45, 7) is 0. The molecule has 6 nitrogen and oxygen atoms in total. The number of nitrogens with one attached hydrogen (secondary N) is 1. The van der Waals surface area contributed by atoms with E-state index < -0.39 is 7.82 Å². The highest BCUT2D eigenvalue weighted by atomic mass is 31.2. The molecule has 14 heavy (non-hydrogen) atoms. The van der Waals surface area contributed by atoms with Crippen LogP contribution >= 0.6 is 7.82 Å². The third-order valence-electron chi connectivity index (χ3n) is 0.991. The number of nitrogen functional groups attached to an aromatic ring is 1. The Morgan fingerprint density at radius 2 is 1.86 bits per heavy atom. The number of anilines is 1. The molecular formula is C6H10FN2O4P. The fourth-order valence-electron chi connectivity index (χ4n) is 0.578. The highest BCUT2D eigenvalue weighted by Gasteiger charge is 2.00. The normalized spacial score (nSPS) is 10.1. The van der Waals surface area contributed by atoms with Crippen molar-refractivity contribution in [3.8, 4) is 0 Å². The van der Waals surface area contributed by atoms with E-state index in [1.807, 2.05) is 0 Å². The van der Waals surface area contributed by atoms with Crippen molar-refractivity contribution >= 4 is 13.5 Å². The Balaban J connectivity index is 0.000000292. The van der Waals surface area contributed by atoms with Crippen molar-refractivity contribution in [2.75, 3.05) is 5.43 Å². The molecule has 0 aromatic heterocycles. The van der Waals surface area contributed by atoms with E-state index in [9.17, 15) is 4.39 Å². The van der Waals surface area contributed by atoms with E-state index in [2.05, 4.69) is 5.43 Å². The van der Waals surface area contributed by atoms with Gasteiger partial charge in [-0.15, -0.1) is 0 Å². The van der Waals surface area contributed by atoms with E-state index in [-0.39, 0.29) is 5.82 Å². The van der Waals surface area contributed by atoms with Crippen molar-refractivity contribution in [3.63, 3.8) is 0 Å². The summed E-state index contributed by atoms with van der Waals surface area (Å²) in [6.07, 6.45) is 0. The molecule has 0 fully saturated rings. The van der Waals surface area contributed by atoms with Gasteiger partial charge in [-0.1, -0.05) is 6.07 Å². The van der Waals surface area contributed by atoms with Crippen LogP contribution in [0.15, 0.2) is 24.3 Å². The number of hydrogen-bond acceptors (Lipinski definition) is 3. The second-order valence-electron chi connectivity index (χ2n) is 2.17. The summed E-state index contributed by atoms with van der Waals surface area (Å²) >= 11 is 0. The molecule has 0 bridgehead atoms. The first-order valence-corrected chi connectivity index (χ1v) is 4.90. The zero-order chi connectivity index (χ0) is 11.2. The van der Waals surface area contributed by atoms with Crippen LogP contribution < -0.4 is 11.3 Å². The molecule has 0 unspecified atom stereocenters. The third-order valence-corrected chi connectivity index (χ3v) is 0.991. The molecule has 1 aromatic carbocycles. The van der Waals surface area contributed by atoms with Gasteiger partial charge in [0.15, 0.2) is 0 Å². The van der Waals surface area contributed by atoms with Gasteiger partial charge in [0.1, 0.15) is 5.82 Å². The summed E-state index contributed by atoms with van der Waals surface area (Å²) in [7, 11) is -4.64. The predicted molar refractivity (Wildman–Crippen MR) is 48.5 cm³/mol. The molecule has 80 valence electrons. The Kier molecular flexibility index (Phi) is 5.29. The fraction of sp³-hybridized carbons (Fsp3) is 0. The molecule has 0 aliphatic carbocycles. The molecule has 0 spiro atoms. The molecule has 8 heteroatoms. The molecule has 1 aromatic rings. The first-order chi connectivity index (χ1) is 6.33. The van der Waals surface area contributed by atoms with E-state index in [4.69, 9.17) is 25.1 Å². The number of hydrazine groups is 1. The van der Waals surface area contributed by atoms with E-state index in [0.29, 0.717) is 5.69 Å². The van der Waals surface area contributed by atoms with Crippen LogP contribution in [0.1, 0.15) is 0 Å². The summed E-state index contributed by atoms with van der Waals surface area (Å²) in [4.78, 5) is 21.6. The lowest BCUT2D eigenvalue weighted by Gasteiger charge is -1.96. The van der Waals surface area contributed by atoms with Gasteiger partial charge in [-0.05, 0) is 18.2 Å². The smallest absolute Gasteiger partial charge is 0.324 e. The van der Waals surface area contributed by atoms with Crippen molar-refractivity contribution in [2.24, 2.45) is 5.84 Å². The first-order valence-electron chi connectivity index (χ1n) is 3.33. The highest BCUT2D eigenvalue weighted by Crippen LogP contribution is 2.25. The van der Waals surface area contributed by atoms with Gasteiger partial charge in [0, 0.05) is 0 Å². The Morgan fingerprint density at radius 1 is 1.36 bits per heavy atom. The van der Waals surface area contributed by atoms with Crippen molar-refractivity contribution in [3.05, 3.63) is 30.1 Å². The lowest BCUT2D eigenvalue weighted by Crippen LogP contribution is -2.06. The van der Waals surface area contributed by atoms with Gasteiger partial charge in [-0.2, -0.15) is 0 Å². The molecule has 0 radical (unpaired) electrons. The van der Waals surface area contributed by atoms with Gasteiger partial charge in [0.25, 0.3) is 0 Å². The van der Waals surface area contributed by atoms with Gasteiger partial charge >= 0.3 is 7.82 Å². The van der Waals surface area contributed by atoms with Crippen LogP contribution in [0.2, 0.25) is 0 Å². The summed E-state index contributed by atoms with van der Waals surface area (Å²) in [6, 6.07) is 5.95. The first kappa shape index (κ1) is 13.0. The second-order valence-corrected chi connectivity index (χ2v) is 3.19. The van der Waals surface area contributed by atoms with Crippen LogP contribution in [0, 0.1) is 5.82 Å². The Labute approximate surface area is 79.4 Å². The highest BCUT2D eigenvalue weighted by molar-refractivity contribution is 7.45. The maximum atomic E-state index is 12.3. The van der Waals surface area contributed by atoms with E-state index in [0.717, 1.165) is 0 Å². The number of nitrogens with two attached hydrogens (primary N) is 1. The van der Waals surface area contributed by atoms with Crippen molar-refractivity contribution in [1.29, 1.82) is 0 Å². The SMILES string of the molecule is NNc1cccc(F)c1.O=P(O)(O)O. The Hall–Kier alpha value is -0.980. The average molecular weight is 224 g/mol. The summed E-state index contributed by atoms with van der Waals surface area (Å²) in [5.41, 5.74) is 2.91. The zero-order valence-corrected chi connectivity index (χ0v) is 7.86. The molecule has 0 amide bonds. The number of hydrogen-bond donors (Lipinski definition) is 5.